The number of benzene rings is 1. The van der Waals surface area contributed by atoms with Gasteiger partial charge in [-0.1, -0.05) is 11.6 Å². The summed E-state index contributed by atoms with van der Waals surface area (Å²) in [7, 11) is 0. The number of halogens is 1. The van der Waals surface area contributed by atoms with Crippen molar-refractivity contribution in [3.8, 4) is 0 Å². The molecule has 2 saturated heterocycles. The van der Waals surface area contributed by atoms with E-state index in [2.05, 4.69) is 10.2 Å². The first-order valence-corrected chi connectivity index (χ1v) is 13.3. The van der Waals surface area contributed by atoms with Crippen LogP contribution in [0.15, 0.2) is 29.4 Å². The largest absolute Gasteiger partial charge is 0.588 e. The molecule has 0 bridgehead atoms. The summed E-state index contributed by atoms with van der Waals surface area (Å²) in [5, 5.41) is 3.28. The minimum atomic E-state index is -1.63. The zero-order valence-electron chi connectivity index (χ0n) is 19.4. The summed E-state index contributed by atoms with van der Waals surface area (Å²) < 4.78 is 14.9. The number of amides is 2. The Morgan fingerprint density at radius 1 is 1.15 bits per heavy atom. The average molecular weight is 493 g/mol. The molecule has 1 N–H and O–H groups in total. The molecule has 0 radical (unpaired) electrons. The number of carbonyl (C=O) groups excluding carboxylic acids is 2. The van der Waals surface area contributed by atoms with Crippen molar-refractivity contribution in [2.75, 3.05) is 32.7 Å². The molecule has 0 saturated carbocycles. The summed E-state index contributed by atoms with van der Waals surface area (Å²) in [5.41, 5.74) is 1.61. The average Bonchev–Trinajstić information content (AvgIpc) is 3.30. The number of aryl methyl sites for hydroxylation is 2. The topological polar surface area (TPSA) is 78.9 Å². The fraction of sp³-hybridized carbons (Fsp3) is 0.583. The lowest BCUT2D eigenvalue weighted by Crippen LogP contribution is -2.52. The summed E-state index contributed by atoms with van der Waals surface area (Å²) in [6.45, 7) is 8.67. The van der Waals surface area contributed by atoms with Gasteiger partial charge in [-0.05, 0) is 70.2 Å². The number of likely N-dealkylation sites (tertiary alicyclic amines) is 2. The number of piperidine rings is 1. The minimum absolute atomic E-state index is 0.00429. The molecule has 1 aromatic carbocycles. The van der Waals surface area contributed by atoms with Crippen molar-refractivity contribution in [2.45, 2.75) is 56.9 Å². The van der Waals surface area contributed by atoms with Crippen molar-refractivity contribution < 1.29 is 14.1 Å². The number of rotatable bonds is 6. The molecule has 3 aliphatic rings. The Morgan fingerprint density at radius 3 is 2.55 bits per heavy atom. The Kier molecular flexibility index (Phi) is 7.89. The molecular weight excluding hydrogens is 460 g/mol. The SMILES string of the molecule is Cc1cc([S+]([O-])N2C=CNC(=O)[C@H]2CC(=O)N2CCC(CN3CCCC3)CC2)c(C)cc1Cl. The second kappa shape index (κ2) is 10.7. The molecule has 4 rings (SSSR count). The highest BCUT2D eigenvalue weighted by atomic mass is 35.5. The molecule has 180 valence electrons. The molecule has 1 unspecified atom stereocenters. The molecule has 1 aromatic rings. The molecule has 3 aliphatic heterocycles. The molecule has 0 aliphatic carbocycles. The van der Waals surface area contributed by atoms with Crippen molar-refractivity contribution in [1.82, 2.24) is 19.4 Å². The molecule has 3 heterocycles. The van der Waals surface area contributed by atoms with E-state index in [1.807, 2.05) is 18.7 Å². The first-order chi connectivity index (χ1) is 15.8. The van der Waals surface area contributed by atoms with Gasteiger partial charge in [0.05, 0.1) is 12.6 Å². The van der Waals surface area contributed by atoms with E-state index in [9.17, 15) is 14.1 Å². The van der Waals surface area contributed by atoms with Gasteiger partial charge < -0.3 is 19.7 Å². The number of hydrogen-bond acceptors (Lipinski definition) is 5. The van der Waals surface area contributed by atoms with Crippen LogP contribution in [0.25, 0.3) is 0 Å². The number of nitrogens with zero attached hydrogens (tertiary/aromatic N) is 3. The lowest BCUT2D eigenvalue weighted by molar-refractivity contribution is -0.136. The van der Waals surface area contributed by atoms with Crippen LogP contribution in [0, 0.1) is 19.8 Å². The summed E-state index contributed by atoms with van der Waals surface area (Å²) in [6, 6.07) is 2.75. The van der Waals surface area contributed by atoms with Gasteiger partial charge >= 0.3 is 0 Å². The molecule has 9 heteroatoms. The summed E-state index contributed by atoms with van der Waals surface area (Å²) in [6.07, 6.45) is 7.66. The van der Waals surface area contributed by atoms with Gasteiger partial charge in [-0.25, -0.2) is 0 Å². The standard InChI is InChI=1S/C24H33ClN4O3S/c1-17-14-22(18(2)13-20(17)25)33(32)29-12-7-26-24(31)21(29)15-23(30)28-10-5-19(6-11-28)16-27-8-3-4-9-27/h7,12-14,19,21H,3-6,8-11,15-16H2,1-2H3,(H,26,31)/t21-,33?/m1/s1. The van der Waals surface area contributed by atoms with E-state index in [-0.39, 0.29) is 18.2 Å². The van der Waals surface area contributed by atoms with E-state index in [0.29, 0.717) is 15.8 Å². The molecule has 0 spiro atoms. The van der Waals surface area contributed by atoms with E-state index in [0.717, 1.165) is 43.6 Å². The predicted octanol–water partition coefficient (Wildman–Crippen LogP) is 2.98. The van der Waals surface area contributed by atoms with Crippen LogP contribution in [0.4, 0.5) is 0 Å². The summed E-state index contributed by atoms with van der Waals surface area (Å²) in [5.74, 6) is 0.260. The molecular formula is C24H33ClN4O3S. The third-order valence-corrected chi connectivity index (χ3v) is 8.93. The van der Waals surface area contributed by atoms with Gasteiger partial charge in [-0.15, -0.1) is 0 Å². The Morgan fingerprint density at radius 2 is 1.85 bits per heavy atom. The van der Waals surface area contributed by atoms with E-state index in [1.54, 1.807) is 18.3 Å². The van der Waals surface area contributed by atoms with Gasteiger partial charge in [-0.3, -0.25) is 9.59 Å². The van der Waals surface area contributed by atoms with Crippen molar-refractivity contribution in [2.24, 2.45) is 5.92 Å². The molecule has 2 amide bonds. The molecule has 33 heavy (non-hydrogen) atoms. The Bertz CT molecular complexity index is 913. The summed E-state index contributed by atoms with van der Waals surface area (Å²) in [4.78, 5) is 30.8. The van der Waals surface area contributed by atoms with Crippen LogP contribution in [-0.4, -0.2) is 69.2 Å². The third-order valence-electron chi connectivity index (χ3n) is 6.94. The van der Waals surface area contributed by atoms with Crippen LogP contribution in [-0.2, 0) is 21.0 Å². The summed E-state index contributed by atoms with van der Waals surface area (Å²) >= 11 is 4.57. The maximum absolute atomic E-state index is 13.4. The Hall–Kier alpha value is -1.74. The number of nitrogens with one attached hydrogen (secondary N) is 1. The maximum Gasteiger partial charge on any atom is 0.251 e. The monoisotopic (exact) mass is 492 g/mol. The van der Waals surface area contributed by atoms with E-state index in [1.165, 1.54) is 36.4 Å². The minimum Gasteiger partial charge on any atom is -0.588 e. The van der Waals surface area contributed by atoms with Crippen LogP contribution in [0.5, 0.6) is 0 Å². The Labute approximate surface area is 204 Å². The van der Waals surface area contributed by atoms with E-state index < -0.39 is 17.4 Å². The van der Waals surface area contributed by atoms with Crippen LogP contribution in [0.3, 0.4) is 0 Å². The van der Waals surface area contributed by atoms with Gasteiger partial charge in [0.2, 0.25) is 5.91 Å². The lowest BCUT2D eigenvalue weighted by Gasteiger charge is -2.36. The second-order valence-electron chi connectivity index (χ2n) is 9.35. The Balaban J connectivity index is 1.39. The smallest absolute Gasteiger partial charge is 0.251 e. The van der Waals surface area contributed by atoms with Gasteiger partial charge in [0, 0.05) is 42.5 Å². The van der Waals surface area contributed by atoms with Crippen molar-refractivity contribution in [3.63, 3.8) is 0 Å². The fourth-order valence-electron chi connectivity index (χ4n) is 4.91. The molecule has 2 atom stereocenters. The quantitative estimate of drug-likeness (QED) is 0.617. The normalized spacial score (nSPS) is 23.2. The molecule has 2 fully saturated rings. The van der Waals surface area contributed by atoms with Crippen LogP contribution in [0.2, 0.25) is 5.02 Å². The van der Waals surface area contributed by atoms with Gasteiger partial charge in [0.25, 0.3) is 5.91 Å². The third kappa shape index (κ3) is 5.67. The second-order valence-corrected chi connectivity index (χ2v) is 11.1. The van der Waals surface area contributed by atoms with Gasteiger partial charge in [0.1, 0.15) is 11.4 Å². The molecule has 7 nitrogen and oxygen atoms in total. The van der Waals surface area contributed by atoms with Gasteiger partial charge in [-0.2, -0.15) is 4.31 Å². The first-order valence-electron chi connectivity index (χ1n) is 11.8. The highest BCUT2D eigenvalue weighted by Crippen LogP contribution is 2.29. The maximum atomic E-state index is 13.4. The highest BCUT2D eigenvalue weighted by molar-refractivity contribution is 7.89. The first kappa shape index (κ1) is 24.4. The van der Waals surface area contributed by atoms with Crippen molar-refractivity contribution in [1.29, 1.82) is 0 Å². The highest BCUT2D eigenvalue weighted by Gasteiger charge is 2.39. The van der Waals surface area contributed by atoms with E-state index in [4.69, 9.17) is 11.6 Å². The molecule has 0 aromatic heterocycles. The number of carbonyl (C=O) groups is 2. The van der Waals surface area contributed by atoms with Crippen molar-refractivity contribution in [3.05, 3.63) is 40.7 Å². The fourth-order valence-corrected chi connectivity index (χ4v) is 6.54. The zero-order chi connectivity index (χ0) is 23.5. The predicted molar refractivity (Wildman–Crippen MR) is 130 cm³/mol. The van der Waals surface area contributed by atoms with Crippen LogP contribution in [0.1, 0.15) is 43.2 Å². The van der Waals surface area contributed by atoms with Crippen LogP contribution < -0.4 is 5.32 Å². The lowest BCUT2D eigenvalue weighted by atomic mass is 9.95. The van der Waals surface area contributed by atoms with E-state index >= 15 is 0 Å². The van der Waals surface area contributed by atoms with Crippen LogP contribution >= 0.6 is 11.6 Å². The van der Waals surface area contributed by atoms with Crippen molar-refractivity contribution >= 4 is 34.8 Å². The van der Waals surface area contributed by atoms with Gasteiger partial charge in [0.15, 0.2) is 10.9 Å². The zero-order valence-corrected chi connectivity index (χ0v) is 21.0. The number of hydrogen-bond donors (Lipinski definition) is 1.